The Balaban J connectivity index is 1.98. The van der Waals surface area contributed by atoms with Gasteiger partial charge in [-0.05, 0) is 17.5 Å². The lowest BCUT2D eigenvalue weighted by Gasteiger charge is -2.08. The van der Waals surface area contributed by atoms with Crippen LogP contribution in [-0.2, 0) is 6.42 Å². The van der Waals surface area contributed by atoms with Crippen molar-refractivity contribution in [1.29, 1.82) is 0 Å². The van der Waals surface area contributed by atoms with Crippen LogP contribution >= 0.6 is 0 Å². The van der Waals surface area contributed by atoms with Gasteiger partial charge in [-0.1, -0.05) is 42.5 Å². The minimum Gasteiger partial charge on any atom is -0.496 e. The van der Waals surface area contributed by atoms with Crippen molar-refractivity contribution in [2.24, 2.45) is 0 Å². The Morgan fingerprint density at radius 2 is 1.81 bits per heavy atom. The van der Waals surface area contributed by atoms with Crippen LogP contribution in [0.4, 0.5) is 0 Å². The molecule has 0 spiro atoms. The molecular weight excluding hydrogens is 262 g/mol. The molecule has 0 amide bonds. The van der Waals surface area contributed by atoms with Crippen molar-refractivity contribution in [3.8, 4) is 5.75 Å². The van der Waals surface area contributed by atoms with Gasteiger partial charge in [0.15, 0.2) is 5.78 Å². The first-order chi connectivity index (χ1) is 10.3. The molecule has 1 aromatic heterocycles. The maximum absolute atomic E-state index is 12.6. The third kappa shape index (κ3) is 2.63. The van der Waals surface area contributed by atoms with Crippen LogP contribution in [0.15, 0.2) is 60.8 Å². The van der Waals surface area contributed by atoms with Gasteiger partial charge in [-0.2, -0.15) is 0 Å². The fourth-order valence-electron chi connectivity index (χ4n) is 2.45. The molecule has 21 heavy (non-hydrogen) atoms. The Kier molecular flexibility index (Phi) is 3.65. The number of fused-ring (bicyclic) bond motifs is 1. The lowest BCUT2D eigenvalue weighted by atomic mass is 10.0. The summed E-state index contributed by atoms with van der Waals surface area (Å²) in [7, 11) is 1.61. The third-order valence-corrected chi connectivity index (χ3v) is 3.48. The van der Waals surface area contributed by atoms with E-state index in [1.54, 1.807) is 13.3 Å². The predicted octanol–water partition coefficient (Wildman–Crippen LogP) is 3.67. The average molecular weight is 277 g/mol. The highest BCUT2D eigenvalue weighted by atomic mass is 16.5. The van der Waals surface area contributed by atoms with Gasteiger partial charge in [-0.25, -0.2) is 0 Å². The van der Waals surface area contributed by atoms with E-state index in [9.17, 15) is 4.79 Å². The molecule has 2 aromatic carbocycles. The summed E-state index contributed by atoms with van der Waals surface area (Å²) >= 11 is 0. The van der Waals surface area contributed by atoms with Crippen LogP contribution in [0.3, 0.4) is 0 Å². The van der Waals surface area contributed by atoms with E-state index in [4.69, 9.17) is 4.74 Å². The van der Waals surface area contributed by atoms with Gasteiger partial charge in [0, 0.05) is 23.6 Å². The third-order valence-electron chi connectivity index (χ3n) is 3.48. The molecule has 3 aromatic rings. The molecule has 0 saturated carbocycles. The molecule has 0 aliphatic carbocycles. The number of benzene rings is 2. The summed E-state index contributed by atoms with van der Waals surface area (Å²) in [6.07, 6.45) is 1.96. The predicted molar refractivity (Wildman–Crippen MR) is 82.8 cm³/mol. The quantitative estimate of drug-likeness (QED) is 0.683. The normalized spacial score (nSPS) is 10.5. The maximum atomic E-state index is 12.6. The lowest BCUT2D eigenvalue weighted by molar-refractivity contribution is 0.0989. The van der Waals surface area contributed by atoms with Crippen LogP contribution < -0.4 is 4.74 Å². The second-order valence-electron chi connectivity index (χ2n) is 4.79. The van der Waals surface area contributed by atoms with E-state index in [-0.39, 0.29) is 12.2 Å². The number of Topliss-reactive ketones (excluding diaryl/α,β-unsaturated/α-hetero) is 1. The number of ketones is 1. The first kappa shape index (κ1) is 13.3. The fraction of sp³-hybridized carbons (Fsp3) is 0.111. The monoisotopic (exact) mass is 277 g/mol. The second kappa shape index (κ2) is 5.75. The number of pyridine rings is 1. The molecule has 3 nitrogen and oxygen atoms in total. The lowest BCUT2D eigenvalue weighted by Crippen LogP contribution is -2.07. The molecule has 0 fully saturated rings. The van der Waals surface area contributed by atoms with E-state index < -0.39 is 0 Å². The van der Waals surface area contributed by atoms with Crippen LogP contribution in [0.5, 0.6) is 5.75 Å². The van der Waals surface area contributed by atoms with Gasteiger partial charge in [0.25, 0.3) is 0 Å². The standard InChI is InChI=1S/C18H15NO2/c1-21-17-9-5-3-7-14(17)12-16(20)18-15-8-4-2-6-13(15)10-11-19-18/h2-11H,12H2,1H3. The van der Waals surface area contributed by atoms with Crippen LogP contribution in [0.2, 0.25) is 0 Å². The zero-order chi connectivity index (χ0) is 14.7. The van der Waals surface area contributed by atoms with E-state index in [0.717, 1.165) is 22.1 Å². The van der Waals surface area contributed by atoms with Crippen LogP contribution in [0, 0.1) is 0 Å². The van der Waals surface area contributed by atoms with Crippen LogP contribution in [0.1, 0.15) is 16.1 Å². The van der Waals surface area contributed by atoms with Crippen molar-refractivity contribution >= 4 is 16.6 Å². The number of para-hydroxylation sites is 1. The Bertz CT molecular complexity index is 791. The molecule has 0 aliphatic heterocycles. The topological polar surface area (TPSA) is 39.2 Å². The van der Waals surface area contributed by atoms with Gasteiger partial charge in [0.1, 0.15) is 11.4 Å². The zero-order valence-electron chi connectivity index (χ0n) is 11.7. The maximum Gasteiger partial charge on any atom is 0.186 e. The minimum atomic E-state index is -0.00343. The molecule has 3 rings (SSSR count). The zero-order valence-corrected chi connectivity index (χ0v) is 11.7. The highest BCUT2D eigenvalue weighted by Gasteiger charge is 2.14. The van der Waals surface area contributed by atoms with Crippen molar-refractivity contribution < 1.29 is 9.53 Å². The molecule has 3 heteroatoms. The summed E-state index contributed by atoms with van der Waals surface area (Å²) < 4.78 is 5.30. The summed E-state index contributed by atoms with van der Waals surface area (Å²) in [5.74, 6) is 0.724. The van der Waals surface area contributed by atoms with Gasteiger partial charge >= 0.3 is 0 Å². The summed E-state index contributed by atoms with van der Waals surface area (Å²) in [6.45, 7) is 0. The van der Waals surface area contributed by atoms with E-state index >= 15 is 0 Å². The van der Waals surface area contributed by atoms with Gasteiger partial charge in [0.05, 0.1) is 7.11 Å². The average Bonchev–Trinajstić information content (AvgIpc) is 2.54. The molecule has 0 unspecified atom stereocenters. The molecule has 104 valence electrons. The van der Waals surface area contributed by atoms with Crippen molar-refractivity contribution in [3.63, 3.8) is 0 Å². The summed E-state index contributed by atoms with van der Waals surface area (Å²) in [6, 6.07) is 17.3. The number of carbonyl (C=O) groups is 1. The fourth-order valence-corrected chi connectivity index (χ4v) is 2.45. The van der Waals surface area contributed by atoms with Gasteiger partial charge in [0.2, 0.25) is 0 Å². The first-order valence-corrected chi connectivity index (χ1v) is 6.78. The molecule has 0 saturated heterocycles. The number of carbonyl (C=O) groups excluding carboxylic acids is 1. The number of hydrogen-bond acceptors (Lipinski definition) is 3. The SMILES string of the molecule is COc1ccccc1CC(=O)c1nccc2ccccc12. The van der Waals surface area contributed by atoms with Gasteiger partial charge < -0.3 is 4.74 Å². The number of aromatic nitrogens is 1. The molecular formula is C18H15NO2. The number of ether oxygens (including phenoxy) is 1. The second-order valence-corrected chi connectivity index (χ2v) is 4.79. The van der Waals surface area contributed by atoms with E-state index in [1.165, 1.54) is 0 Å². The smallest absolute Gasteiger partial charge is 0.186 e. The number of nitrogens with zero attached hydrogens (tertiary/aromatic N) is 1. The molecule has 0 bridgehead atoms. The van der Waals surface area contributed by atoms with Gasteiger partial charge in [-0.3, -0.25) is 9.78 Å². The molecule has 0 radical (unpaired) electrons. The summed E-state index contributed by atoms with van der Waals surface area (Å²) in [5.41, 5.74) is 1.39. The van der Waals surface area contributed by atoms with Gasteiger partial charge in [-0.15, -0.1) is 0 Å². The number of hydrogen-bond donors (Lipinski definition) is 0. The number of rotatable bonds is 4. The largest absolute Gasteiger partial charge is 0.496 e. The molecule has 0 aliphatic rings. The summed E-state index contributed by atoms with van der Waals surface area (Å²) in [4.78, 5) is 16.8. The van der Waals surface area contributed by atoms with Crippen molar-refractivity contribution in [1.82, 2.24) is 4.98 Å². The van der Waals surface area contributed by atoms with Crippen molar-refractivity contribution in [3.05, 3.63) is 72.1 Å². The highest BCUT2D eigenvalue weighted by molar-refractivity contribution is 6.07. The van der Waals surface area contributed by atoms with Crippen LogP contribution in [0.25, 0.3) is 10.8 Å². The molecule has 0 N–H and O–H groups in total. The highest BCUT2D eigenvalue weighted by Crippen LogP contribution is 2.22. The first-order valence-electron chi connectivity index (χ1n) is 6.78. The minimum absolute atomic E-state index is 0.00343. The van der Waals surface area contributed by atoms with E-state index in [2.05, 4.69) is 4.98 Å². The molecule has 0 atom stereocenters. The Labute approximate surface area is 123 Å². The summed E-state index contributed by atoms with van der Waals surface area (Å²) in [5, 5.41) is 1.91. The Morgan fingerprint density at radius 1 is 1.05 bits per heavy atom. The Hall–Kier alpha value is -2.68. The molecule has 1 heterocycles. The van der Waals surface area contributed by atoms with E-state index in [0.29, 0.717) is 5.69 Å². The van der Waals surface area contributed by atoms with Crippen LogP contribution in [-0.4, -0.2) is 17.9 Å². The number of methoxy groups -OCH3 is 1. The van der Waals surface area contributed by atoms with E-state index in [1.807, 2.05) is 54.6 Å². The van der Waals surface area contributed by atoms with Crippen molar-refractivity contribution in [2.75, 3.05) is 7.11 Å². The Morgan fingerprint density at radius 3 is 2.67 bits per heavy atom. The van der Waals surface area contributed by atoms with Crippen molar-refractivity contribution in [2.45, 2.75) is 6.42 Å².